The number of nitrogens with zero attached hydrogens (tertiary/aromatic N) is 2. The van der Waals surface area contributed by atoms with Crippen molar-refractivity contribution in [1.29, 1.82) is 0 Å². The molecule has 1 unspecified atom stereocenters. The Morgan fingerprint density at radius 2 is 2.04 bits per heavy atom. The summed E-state index contributed by atoms with van der Waals surface area (Å²) in [4.78, 5) is 11.7. The van der Waals surface area contributed by atoms with Gasteiger partial charge in [-0.15, -0.1) is 11.3 Å². The molecule has 2 heterocycles. The van der Waals surface area contributed by atoms with E-state index in [1.165, 1.54) is 22.2 Å². The van der Waals surface area contributed by atoms with Gasteiger partial charge in [0, 0.05) is 15.6 Å². The summed E-state index contributed by atoms with van der Waals surface area (Å²) in [7, 11) is 0. The zero-order valence-electron chi connectivity index (χ0n) is 15.7. The van der Waals surface area contributed by atoms with E-state index in [1.54, 1.807) is 6.33 Å². The number of benzene rings is 1. The van der Waals surface area contributed by atoms with E-state index in [9.17, 15) is 0 Å². The molecule has 2 aromatic heterocycles. The standard InChI is InChI=1S/C21H24ClN3S/c1-12-15(22)6-5-7-16(12)25-19-18-14-9-8-13(21(2,3)4)10-17(14)26-20(18)24-11-23-19/h5-7,11,13H,8-10H2,1-4H3,(H,23,24,25). The van der Waals surface area contributed by atoms with Crippen LogP contribution in [0.15, 0.2) is 24.5 Å². The maximum absolute atomic E-state index is 6.28. The van der Waals surface area contributed by atoms with Gasteiger partial charge >= 0.3 is 0 Å². The number of anilines is 2. The van der Waals surface area contributed by atoms with Gasteiger partial charge in [-0.3, -0.25) is 0 Å². The minimum absolute atomic E-state index is 0.346. The minimum atomic E-state index is 0.346. The lowest BCUT2D eigenvalue weighted by atomic mass is 9.72. The molecule has 26 heavy (non-hydrogen) atoms. The number of nitrogens with one attached hydrogen (secondary N) is 1. The first-order valence-corrected chi connectivity index (χ1v) is 10.3. The van der Waals surface area contributed by atoms with Crippen LogP contribution in [-0.2, 0) is 12.8 Å². The van der Waals surface area contributed by atoms with Crippen molar-refractivity contribution in [2.45, 2.75) is 47.0 Å². The van der Waals surface area contributed by atoms with Crippen LogP contribution in [0.4, 0.5) is 11.5 Å². The molecule has 0 radical (unpaired) electrons. The fourth-order valence-electron chi connectivity index (χ4n) is 3.81. The average Bonchev–Trinajstić information content (AvgIpc) is 2.97. The summed E-state index contributed by atoms with van der Waals surface area (Å²) in [5.74, 6) is 1.62. The molecule has 0 amide bonds. The Bertz CT molecular complexity index is 971. The molecule has 5 heteroatoms. The van der Waals surface area contributed by atoms with E-state index < -0.39 is 0 Å². The quantitative estimate of drug-likeness (QED) is 0.543. The Hall–Kier alpha value is -1.65. The van der Waals surface area contributed by atoms with Crippen LogP contribution < -0.4 is 5.32 Å². The van der Waals surface area contributed by atoms with Gasteiger partial charge in [-0.2, -0.15) is 0 Å². The molecule has 4 rings (SSSR count). The summed E-state index contributed by atoms with van der Waals surface area (Å²) >= 11 is 8.12. The molecule has 3 nitrogen and oxygen atoms in total. The molecular formula is C21H24ClN3S. The van der Waals surface area contributed by atoms with Crippen LogP contribution in [0.5, 0.6) is 0 Å². The molecule has 0 spiro atoms. The molecule has 0 aliphatic heterocycles. The summed E-state index contributed by atoms with van der Waals surface area (Å²) in [5.41, 5.74) is 3.82. The third kappa shape index (κ3) is 3.10. The summed E-state index contributed by atoms with van der Waals surface area (Å²) < 4.78 is 0. The van der Waals surface area contributed by atoms with Crippen molar-refractivity contribution >= 4 is 44.7 Å². The topological polar surface area (TPSA) is 37.8 Å². The van der Waals surface area contributed by atoms with Gasteiger partial charge in [0.05, 0.1) is 5.39 Å². The van der Waals surface area contributed by atoms with Gasteiger partial charge in [0.2, 0.25) is 0 Å². The molecule has 0 bridgehead atoms. The van der Waals surface area contributed by atoms with Gasteiger partial charge < -0.3 is 5.32 Å². The predicted octanol–water partition coefficient (Wildman–Crippen LogP) is 6.55. The highest BCUT2D eigenvalue weighted by Gasteiger charge is 2.31. The first-order chi connectivity index (χ1) is 12.3. The highest BCUT2D eigenvalue weighted by Crippen LogP contribution is 2.44. The predicted molar refractivity (Wildman–Crippen MR) is 112 cm³/mol. The van der Waals surface area contributed by atoms with Crippen LogP contribution >= 0.6 is 22.9 Å². The fourth-order valence-corrected chi connectivity index (χ4v) is 5.26. The van der Waals surface area contributed by atoms with Gasteiger partial charge in [0.15, 0.2) is 0 Å². The van der Waals surface area contributed by atoms with Crippen LogP contribution in [0.1, 0.15) is 43.2 Å². The van der Waals surface area contributed by atoms with Crippen molar-refractivity contribution < 1.29 is 0 Å². The SMILES string of the molecule is Cc1c(Cl)cccc1Nc1ncnc2sc3c(c12)CCC(C(C)(C)C)C3. The third-order valence-corrected chi connectivity index (χ3v) is 7.16. The number of aromatic nitrogens is 2. The van der Waals surface area contributed by atoms with Crippen LogP contribution in [0.2, 0.25) is 5.02 Å². The first-order valence-electron chi connectivity index (χ1n) is 9.12. The summed E-state index contributed by atoms with van der Waals surface area (Å²) in [5, 5.41) is 5.46. The average molecular weight is 386 g/mol. The van der Waals surface area contributed by atoms with Crippen molar-refractivity contribution in [3.8, 4) is 0 Å². The minimum Gasteiger partial charge on any atom is -0.339 e. The van der Waals surface area contributed by atoms with Gasteiger partial charge in [0.1, 0.15) is 17.0 Å². The fraction of sp³-hybridized carbons (Fsp3) is 0.429. The molecule has 1 N–H and O–H groups in total. The summed E-state index contributed by atoms with van der Waals surface area (Å²) in [6.07, 6.45) is 5.14. The van der Waals surface area contributed by atoms with Gasteiger partial charge in [0.25, 0.3) is 0 Å². The molecule has 1 aromatic carbocycles. The Morgan fingerprint density at radius 1 is 1.23 bits per heavy atom. The zero-order valence-corrected chi connectivity index (χ0v) is 17.3. The van der Waals surface area contributed by atoms with E-state index in [0.717, 1.165) is 45.7 Å². The van der Waals surface area contributed by atoms with Gasteiger partial charge in [-0.1, -0.05) is 38.4 Å². The maximum atomic E-state index is 6.28. The van der Waals surface area contributed by atoms with E-state index in [4.69, 9.17) is 11.6 Å². The van der Waals surface area contributed by atoms with Crippen molar-refractivity contribution in [3.63, 3.8) is 0 Å². The molecule has 136 valence electrons. The van der Waals surface area contributed by atoms with Crippen molar-refractivity contribution in [1.82, 2.24) is 9.97 Å². The molecule has 1 atom stereocenters. The lowest BCUT2D eigenvalue weighted by Crippen LogP contribution is -2.26. The molecular weight excluding hydrogens is 362 g/mol. The largest absolute Gasteiger partial charge is 0.339 e. The summed E-state index contributed by atoms with van der Waals surface area (Å²) in [6.45, 7) is 9.08. The zero-order chi connectivity index (χ0) is 18.5. The van der Waals surface area contributed by atoms with Gasteiger partial charge in [-0.05, 0) is 60.8 Å². The van der Waals surface area contributed by atoms with Crippen molar-refractivity contribution in [3.05, 3.63) is 45.6 Å². The Kier molecular flexibility index (Phi) is 4.44. The Morgan fingerprint density at radius 3 is 2.81 bits per heavy atom. The highest BCUT2D eigenvalue weighted by atomic mass is 35.5. The van der Waals surface area contributed by atoms with Crippen molar-refractivity contribution in [2.75, 3.05) is 5.32 Å². The number of thiophene rings is 1. The van der Waals surface area contributed by atoms with E-state index in [-0.39, 0.29) is 0 Å². The monoisotopic (exact) mass is 385 g/mol. The normalized spacial score (nSPS) is 17.3. The molecule has 1 aliphatic rings. The van der Waals surface area contributed by atoms with E-state index >= 15 is 0 Å². The Labute approximate surface area is 163 Å². The molecule has 0 fully saturated rings. The summed E-state index contributed by atoms with van der Waals surface area (Å²) in [6, 6.07) is 5.92. The second-order valence-corrected chi connectivity index (χ2v) is 9.74. The lowest BCUT2D eigenvalue weighted by molar-refractivity contribution is 0.218. The number of hydrogen-bond acceptors (Lipinski definition) is 4. The molecule has 3 aromatic rings. The maximum Gasteiger partial charge on any atom is 0.142 e. The number of fused-ring (bicyclic) bond motifs is 3. The third-order valence-electron chi connectivity index (χ3n) is 5.59. The van der Waals surface area contributed by atoms with Crippen LogP contribution in [0.25, 0.3) is 10.2 Å². The van der Waals surface area contributed by atoms with E-state index in [1.807, 2.05) is 36.5 Å². The molecule has 0 saturated heterocycles. The number of halogens is 1. The van der Waals surface area contributed by atoms with Crippen LogP contribution in [0.3, 0.4) is 0 Å². The lowest BCUT2D eigenvalue weighted by Gasteiger charge is -2.33. The van der Waals surface area contributed by atoms with E-state index in [2.05, 4.69) is 36.1 Å². The van der Waals surface area contributed by atoms with E-state index in [0.29, 0.717) is 5.41 Å². The van der Waals surface area contributed by atoms with Crippen molar-refractivity contribution in [2.24, 2.45) is 11.3 Å². The number of aryl methyl sites for hydroxylation is 1. The molecule has 0 saturated carbocycles. The smallest absolute Gasteiger partial charge is 0.142 e. The highest BCUT2D eigenvalue weighted by molar-refractivity contribution is 7.19. The molecule has 1 aliphatic carbocycles. The Balaban J connectivity index is 1.76. The van der Waals surface area contributed by atoms with Gasteiger partial charge in [-0.25, -0.2) is 9.97 Å². The second-order valence-electron chi connectivity index (χ2n) is 8.25. The van der Waals surface area contributed by atoms with Crippen LogP contribution in [0, 0.1) is 18.3 Å². The first kappa shape index (κ1) is 17.7. The number of hydrogen-bond donors (Lipinski definition) is 1. The number of rotatable bonds is 2. The van der Waals surface area contributed by atoms with Crippen LogP contribution in [-0.4, -0.2) is 9.97 Å². The second kappa shape index (κ2) is 6.50.